The topological polar surface area (TPSA) is 131 Å². The van der Waals surface area contributed by atoms with Crippen molar-refractivity contribution in [3.63, 3.8) is 0 Å². The summed E-state index contributed by atoms with van der Waals surface area (Å²) in [6.07, 6.45) is 6.47. The lowest BCUT2D eigenvalue weighted by Crippen LogP contribution is -2.44. The highest BCUT2D eigenvalue weighted by Gasteiger charge is 2.31. The summed E-state index contributed by atoms with van der Waals surface area (Å²) < 4.78 is 36.5. The Labute approximate surface area is 295 Å². The third-order valence-electron chi connectivity index (χ3n) is 9.78. The van der Waals surface area contributed by atoms with Gasteiger partial charge in [-0.05, 0) is 80.7 Å². The van der Waals surface area contributed by atoms with Gasteiger partial charge in [0.25, 0.3) is 15.9 Å². The summed E-state index contributed by atoms with van der Waals surface area (Å²) in [5.74, 6) is 0.491. The molecule has 1 amide bonds. The fourth-order valence-corrected chi connectivity index (χ4v) is 7.73. The number of benzene rings is 2. The number of nitrogens with zero attached hydrogens (tertiary/aromatic N) is 6. The van der Waals surface area contributed by atoms with Crippen LogP contribution in [-0.2, 0) is 16.6 Å². The van der Waals surface area contributed by atoms with Crippen molar-refractivity contribution >= 4 is 27.6 Å². The van der Waals surface area contributed by atoms with Gasteiger partial charge in [0.05, 0.1) is 41.3 Å². The Morgan fingerprint density at radius 1 is 0.980 bits per heavy atom. The standard InChI is InChI=1S/C38H47N7O4S/c1-24(2)18-29-23-49-35-27(5)34(33-25(3)10-8-11-26(33)4)41-37(42-35)43-50(47,48)31-13-9-12-28(19-31)36(46)45(29)22-32-39-20-30(21-40-32)44-16-14-38(6,7)15-17-44/h8-13,19-21,24,29H,14-18,22-23H2,1-7H3,(H,41,42,43)/t29-/m1/s1. The second-order valence-electron chi connectivity index (χ2n) is 14.8. The summed E-state index contributed by atoms with van der Waals surface area (Å²) in [7, 11) is -4.18. The molecule has 50 heavy (non-hydrogen) atoms. The van der Waals surface area contributed by atoms with E-state index in [0.29, 0.717) is 28.9 Å². The third-order valence-corrected chi connectivity index (χ3v) is 11.1. The van der Waals surface area contributed by atoms with Crippen LogP contribution >= 0.6 is 0 Å². The zero-order valence-corrected chi connectivity index (χ0v) is 30.8. The van der Waals surface area contributed by atoms with Gasteiger partial charge in [0.15, 0.2) is 0 Å². The first-order valence-corrected chi connectivity index (χ1v) is 18.8. The van der Waals surface area contributed by atoms with Crippen LogP contribution in [0.1, 0.15) is 79.8 Å². The maximum absolute atomic E-state index is 14.4. The number of fused-ring (bicyclic) bond motifs is 4. The number of aryl methyl sites for hydroxylation is 2. The number of anilines is 2. The van der Waals surface area contributed by atoms with E-state index in [9.17, 15) is 13.2 Å². The van der Waals surface area contributed by atoms with Crippen LogP contribution in [-0.4, -0.2) is 64.9 Å². The molecular weight excluding hydrogens is 651 g/mol. The van der Waals surface area contributed by atoms with Crippen LogP contribution in [0.4, 0.5) is 11.6 Å². The van der Waals surface area contributed by atoms with E-state index in [2.05, 4.69) is 42.3 Å². The van der Waals surface area contributed by atoms with Gasteiger partial charge >= 0.3 is 0 Å². The number of ether oxygens (including phenoxy) is 1. The van der Waals surface area contributed by atoms with E-state index in [1.165, 1.54) is 12.1 Å². The van der Waals surface area contributed by atoms with E-state index >= 15 is 0 Å². The highest BCUT2D eigenvalue weighted by Crippen LogP contribution is 2.35. The lowest BCUT2D eigenvalue weighted by Gasteiger charge is -2.38. The van der Waals surface area contributed by atoms with E-state index in [4.69, 9.17) is 19.7 Å². The molecule has 2 aromatic heterocycles. The molecule has 264 valence electrons. The average Bonchev–Trinajstić information content (AvgIpc) is 3.07. The zero-order chi connectivity index (χ0) is 35.8. The second-order valence-corrected chi connectivity index (χ2v) is 16.4. The van der Waals surface area contributed by atoms with Crippen molar-refractivity contribution in [2.75, 3.05) is 29.3 Å². The van der Waals surface area contributed by atoms with Crippen molar-refractivity contribution in [3.8, 4) is 17.1 Å². The minimum Gasteiger partial charge on any atom is -0.475 e. The lowest BCUT2D eigenvalue weighted by molar-refractivity contribution is 0.0545. The van der Waals surface area contributed by atoms with Crippen LogP contribution < -0.4 is 14.4 Å². The van der Waals surface area contributed by atoms with E-state index in [0.717, 1.165) is 48.3 Å². The monoisotopic (exact) mass is 697 g/mol. The first-order valence-electron chi connectivity index (χ1n) is 17.3. The van der Waals surface area contributed by atoms with Crippen LogP contribution in [0.3, 0.4) is 0 Å². The van der Waals surface area contributed by atoms with Gasteiger partial charge in [-0.2, -0.15) is 4.98 Å². The molecule has 6 rings (SSSR count). The number of rotatable bonds is 6. The van der Waals surface area contributed by atoms with E-state index in [1.807, 2.05) is 51.4 Å². The van der Waals surface area contributed by atoms with Gasteiger partial charge in [0.1, 0.15) is 12.4 Å². The van der Waals surface area contributed by atoms with Crippen molar-refractivity contribution in [1.82, 2.24) is 24.8 Å². The van der Waals surface area contributed by atoms with Crippen LogP contribution in [0.5, 0.6) is 5.88 Å². The summed E-state index contributed by atoms with van der Waals surface area (Å²) in [6, 6.07) is 11.6. The number of sulfonamides is 1. The Balaban J connectivity index is 1.41. The van der Waals surface area contributed by atoms with Crippen LogP contribution in [0.15, 0.2) is 59.8 Å². The SMILES string of the molecule is Cc1cccc(C)c1-c1nc2nc(c1C)OC[C@@H](CC(C)C)N(Cc1ncc(N3CCC(C)(C)CC3)cn1)C(=O)c1cccc(c1)S(=O)(=O)N2. The van der Waals surface area contributed by atoms with Crippen LogP contribution in [0, 0.1) is 32.1 Å². The maximum atomic E-state index is 14.4. The lowest BCUT2D eigenvalue weighted by atomic mass is 9.82. The van der Waals surface area contributed by atoms with Crippen LogP contribution in [0.25, 0.3) is 11.3 Å². The van der Waals surface area contributed by atoms with Crippen molar-refractivity contribution < 1.29 is 17.9 Å². The maximum Gasteiger partial charge on any atom is 0.264 e. The molecule has 1 saturated heterocycles. The largest absolute Gasteiger partial charge is 0.475 e. The Kier molecular flexibility index (Phi) is 9.85. The van der Waals surface area contributed by atoms with Gasteiger partial charge in [0.2, 0.25) is 11.8 Å². The molecular formula is C38H47N7O4S. The van der Waals surface area contributed by atoms with Gasteiger partial charge < -0.3 is 14.5 Å². The molecule has 12 heteroatoms. The summed E-state index contributed by atoms with van der Waals surface area (Å²) in [5.41, 5.74) is 5.62. The van der Waals surface area contributed by atoms with Crippen LogP contribution in [0.2, 0.25) is 0 Å². The molecule has 2 aliphatic rings. The Morgan fingerprint density at radius 3 is 2.30 bits per heavy atom. The van der Waals surface area contributed by atoms with Gasteiger partial charge in [-0.1, -0.05) is 52.0 Å². The second kappa shape index (κ2) is 14.0. The normalized spacial score (nSPS) is 18.8. The molecule has 0 unspecified atom stereocenters. The minimum absolute atomic E-state index is 0.0754. The molecule has 0 aliphatic carbocycles. The zero-order valence-electron chi connectivity index (χ0n) is 30.0. The molecule has 1 atom stereocenters. The Bertz CT molecular complexity index is 1970. The van der Waals surface area contributed by atoms with Crippen molar-refractivity contribution in [2.24, 2.45) is 11.3 Å². The average molecular weight is 698 g/mol. The first kappa shape index (κ1) is 35.3. The molecule has 1 fully saturated rings. The molecule has 0 spiro atoms. The quantitative estimate of drug-likeness (QED) is 0.233. The van der Waals surface area contributed by atoms with E-state index < -0.39 is 16.1 Å². The molecule has 0 saturated carbocycles. The summed E-state index contributed by atoms with van der Waals surface area (Å²) >= 11 is 0. The summed E-state index contributed by atoms with van der Waals surface area (Å²) in [6.45, 7) is 16.8. The van der Waals surface area contributed by atoms with Gasteiger partial charge in [-0.3, -0.25) is 4.79 Å². The first-order chi connectivity index (χ1) is 23.7. The molecule has 1 N–H and O–H groups in total. The molecule has 11 nitrogen and oxygen atoms in total. The van der Waals surface area contributed by atoms with E-state index in [1.54, 1.807) is 17.0 Å². The highest BCUT2D eigenvalue weighted by atomic mass is 32.2. The van der Waals surface area contributed by atoms with Gasteiger partial charge in [-0.15, -0.1) is 0 Å². The van der Waals surface area contributed by atoms with Crippen molar-refractivity contribution in [3.05, 3.63) is 82.9 Å². The highest BCUT2D eigenvalue weighted by molar-refractivity contribution is 7.92. The number of carbonyl (C=O) groups is 1. The predicted molar refractivity (Wildman–Crippen MR) is 195 cm³/mol. The minimum atomic E-state index is -4.18. The van der Waals surface area contributed by atoms with Crippen molar-refractivity contribution in [1.29, 1.82) is 0 Å². The molecule has 0 radical (unpaired) electrons. The summed E-state index contributed by atoms with van der Waals surface area (Å²) in [4.78, 5) is 37.1. The number of nitrogens with one attached hydrogen (secondary N) is 1. The molecule has 4 heterocycles. The third kappa shape index (κ3) is 7.60. The number of hydrogen-bond donors (Lipinski definition) is 1. The number of amides is 1. The fourth-order valence-electron chi connectivity index (χ4n) is 6.74. The number of hydrogen-bond acceptors (Lipinski definition) is 9. The number of carbonyl (C=O) groups excluding carboxylic acids is 1. The smallest absolute Gasteiger partial charge is 0.264 e. The molecule has 4 aromatic rings. The number of piperidine rings is 1. The molecule has 2 aliphatic heterocycles. The molecule has 4 bridgehead atoms. The Morgan fingerprint density at radius 2 is 1.64 bits per heavy atom. The Hall–Kier alpha value is -4.58. The van der Waals surface area contributed by atoms with Gasteiger partial charge in [-0.25, -0.2) is 28.1 Å². The molecule has 2 aromatic carbocycles. The number of aromatic nitrogens is 4. The summed E-state index contributed by atoms with van der Waals surface area (Å²) in [5, 5.41) is 0. The van der Waals surface area contributed by atoms with E-state index in [-0.39, 0.29) is 47.3 Å². The predicted octanol–water partition coefficient (Wildman–Crippen LogP) is 6.74. The van der Waals surface area contributed by atoms with Gasteiger partial charge in [0, 0.05) is 29.8 Å². The van der Waals surface area contributed by atoms with Crippen molar-refractivity contribution in [2.45, 2.75) is 85.2 Å². The fraction of sp³-hybridized carbons (Fsp3) is 0.447.